The highest BCUT2D eigenvalue weighted by atomic mass is 16.7. The number of fused-ring (bicyclic) bond motifs is 1. The SMILES string of the molecule is CC1(C)OB([C@H]2C[C@@H]2c2ccc3[nH]ccc3c2)OC1(C)C. The van der Waals surface area contributed by atoms with Crippen molar-refractivity contribution in [2.45, 2.75) is 57.1 Å². The van der Waals surface area contributed by atoms with Crippen LogP contribution >= 0.6 is 0 Å². The first-order chi connectivity index (χ1) is 9.87. The molecule has 4 rings (SSSR count). The van der Waals surface area contributed by atoms with Crippen LogP contribution in [0.2, 0.25) is 5.82 Å². The van der Waals surface area contributed by atoms with E-state index in [9.17, 15) is 0 Å². The molecule has 2 fully saturated rings. The largest absolute Gasteiger partial charge is 0.461 e. The van der Waals surface area contributed by atoms with Gasteiger partial charge in [0.25, 0.3) is 0 Å². The number of aromatic nitrogens is 1. The molecule has 2 aliphatic rings. The molecule has 0 amide bonds. The molecule has 1 N–H and O–H groups in total. The average Bonchev–Trinajstić information content (AvgIpc) is 3.00. The second-order valence-corrected chi connectivity index (χ2v) is 7.46. The highest BCUT2D eigenvalue weighted by Crippen LogP contribution is 2.58. The molecule has 0 unspecified atom stereocenters. The van der Waals surface area contributed by atoms with Crippen LogP contribution in [-0.4, -0.2) is 23.3 Å². The molecule has 2 atom stereocenters. The van der Waals surface area contributed by atoms with Crippen molar-refractivity contribution in [1.82, 2.24) is 4.98 Å². The molecule has 21 heavy (non-hydrogen) atoms. The van der Waals surface area contributed by atoms with Gasteiger partial charge in [0.2, 0.25) is 0 Å². The Balaban J connectivity index is 1.53. The third-order valence-electron chi connectivity index (χ3n) is 5.47. The van der Waals surface area contributed by atoms with Crippen LogP contribution in [0.5, 0.6) is 0 Å². The zero-order valence-corrected chi connectivity index (χ0v) is 13.1. The zero-order chi connectivity index (χ0) is 14.8. The van der Waals surface area contributed by atoms with Crippen LogP contribution in [0.15, 0.2) is 30.5 Å². The number of rotatable bonds is 2. The van der Waals surface area contributed by atoms with E-state index in [1.807, 2.05) is 6.20 Å². The molecule has 1 saturated heterocycles. The van der Waals surface area contributed by atoms with Crippen molar-refractivity contribution in [2.24, 2.45) is 0 Å². The monoisotopic (exact) mass is 283 g/mol. The third kappa shape index (κ3) is 2.04. The lowest BCUT2D eigenvalue weighted by Crippen LogP contribution is -2.41. The minimum Gasteiger partial charge on any atom is -0.403 e. The van der Waals surface area contributed by atoms with Gasteiger partial charge in [-0.15, -0.1) is 0 Å². The number of H-pyrrole nitrogens is 1. The summed E-state index contributed by atoms with van der Waals surface area (Å²) in [7, 11) is -0.0677. The fourth-order valence-corrected chi connectivity index (χ4v) is 3.26. The van der Waals surface area contributed by atoms with Crippen LogP contribution < -0.4 is 0 Å². The molecule has 1 aromatic carbocycles. The van der Waals surface area contributed by atoms with E-state index in [1.54, 1.807) is 0 Å². The van der Waals surface area contributed by atoms with Gasteiger partial charge in [-0.25, -0.2) is 0 Å². The van der Waals surface area contributed by atoms with E-state index >= 15 is 0 Å². The first-order valence-electron chi connectivity index (χ1n) is 7.80. The van der Waals surface area contributed by atoms with E-state index in [4.69, 9.17) is 9.31 Å². The normalized spacial score (nSPS) is 30.0. The molecule has 0 spiro atoms. The van der Waals surface area contributed by atoms with Crippen molar-refractivity contribution in [1.29, 1.82) is 0 Å². The van der Waals surface area contributed by atoms with Crippen LogP contribution in [0.4, 0.5) is 0 Å². The summed E-state index contributed by atoms with van der Waals surface area (Å²) in [6, 6.07) is 8.83. The lowest BCUT2D eigenvalue weighted by Gasteiger charge is -2.32. The lowest BCUT2D eigenvalue weighted by molar-refractivity contribution is 0.00578. The molecular weight excluding hydrogens is 261 g/mol. The van der Waals surface area contributed by atoms with Gasteiger partial charge in [0.05, 0.1) is 11.2 Å². The van der Waals surface area contributed by atoms with E-state index in [0.717, 1.165) is 6.42 Å². The number of aromatic amines is 1. The predicted molar refractivity (Wildman–Crippen MR) is 85.5 cm³/mol. The van der Waals surface area contributed by atoms with E-state index in [1.165, 1.54) is 16.5 Å². The van der Waals surface area contributed by atoms with Crippen LogP contribution in [0.3, 0.4) is 0 Å². The van der Waals surface area contributed by atoms with Crippen molar-refractivity contribution >= 4 is 18.0 Å². The van der Waals surface area contributed by atoms with E-state index < -0.39 is 0 Å². The Morgan fingerprint density at radius 3 is 2.52 bits per heavy atom. The fourth-order valence-electron chi connectivity index (χ4n) is 3.26. The van der Waals surface area contributed by atoms with E-state index in [2.05, 4.69) is 56.9 Å². The molecule has 0 radical (unpaired) electrons. The van der Waals surface area contributed by atoms with Crippen molar-refractivity contribution in [3.05, 3.63) is 36.0 Å². The molecule has 1 aliphatic heterocycles. The summed E-state index contributed by atoms with van der Waals surface area (Å²) in [6.07, 6.45) is 3.15. The summed E-state index contributed by atoms with van der Waals surface area (Å²) in [5.41, 5.74) is 2.15. The van der Waals surface area contributed by atoms with Gasteiger partial charge in [-0.1, -0.05) is 6.07 Å². The van der Waals surface area contributed by atoms with Crippen LogP contribution in [-0.2, 0) is 9.31 Å². The second-order valence-electron chi connectivity index (χ2n) is 7.46. The molecule has 3 nitrogen and oxygen atoms in total. The fraction of sp³-hybridized carbons (Fsp3) is 0.529. The molecular formula is C17H22BNO2. The Labute approximate surface area is 126 Å². The Bertz CT molecular complexity index is 675. The molecule has 2 heterocycles. The van der Waals surface area contributed by atoms with Crippen molar-refractivity contribution in [3.63, 3.8) is 0 Å². The number of hydrogen-bond donors (Lipinski definition) is 1. The minimum absolute atomic E-state index is 0.0677. The summed E-state index contributed by atoms with van der Waals surface area (Å²) >= 11 is 0. The smallest absolute Gasteiger partial charge is 0.403 e. The predicted octanol–water partition coefficient (Wildman–Crippen LogP) is 4.12. The van der Waals surface area contributed by atoms with Crippen LogP contribution in [0, 0.1) is 0 Å². The number of benzene rings is 1. The Morgan fingerprint density at radius 1 is 1.10 bits per heavy atom. The number of nitrogens with one attached hydrogen (secondary N) is 1. The highest BCUT2D eigenvalue weighted by molar-refractivity contribution is 6.49. The molecule has 1 aromatic heterocycles. The van der Waals surface area contributed by atoms with Gasteiger partial charge in [-0.3, -0.25) is 0 Å². The molecule has 0 bridgehead atoms. The summed E-state index contributed by atoms with van der Waals surface area (Å²) < 4.78 is 12.4. The highest BCUT2D eigenvalue weighted by Gasteiger charge is 2.59. The summed E-state index contributed by atoms with van der Waals surface area (Å²) in [5, 5.41) is 1.28. The Kier molecular flexibility index (Phi) is 2.65. The minimum atomic E-state index is -0.227. The molecule has 1 saturated carbocycles. The van der Waals surface area contributed by atoms with Gasteiger partial charge in [0.15, 0.2) is 0 Å². The average molecular weight is 283 g/mol. The van der Waals surface area contributed by atoms with Gasteiger partial charge >= 0.3 is 7.12 Å². The van der Waals surface area contributed by atoms with Gasteiger partial charge in [-0.05, 0) is 69.2 Å². The quantitative estimate of drug-likeness (QED) is 0.841. The van der Waals surface area contributed by atoms with Gasteiger partial charge < -0.3 is 14.3 Å². The third-order valence-corrected chi connectivity index (χ3v) is 5.47. The van der Waals surface area contributed by atoms with Crippen molar-refractivity contribution in [2.75, 3.05) is 0 Å². The maximum absolute atomic E-state index is 6.18. The summed E-state index contributed by atoms with van der Waals surface area (Å²) in [6.45, 7) is 8.49. The van der Waals surface area contributed by atoms with Crippen LogP contribution in [0.1, 0.15) is 45.6 Å². The standard InChI is InChI=1S/C17H22BNO2/c1-16(2)17(3,4)21-18(20-16)14-10-13(14)11-5-6-15-12(9-11)7-8-19-15/h5-9,13-14,19H,10H2,1-4H3/t13-,14+/m1/s1. The second kappa shape index (κ2) is 4.14. The summed E-state index contributed by atoms with van der Waals surface area (Å²) in [4.78, 5) is 3.24. The van der Waals surface area contributed by atoms with Gasteiger partial charge in [-0.2, -0.15) is 0 Å². The van der Waals surface area contributed by atoms with Gasteiger partial charge in [0.1, 0.15) is 0 Å². The summed E-state index contributed by atoms with van der Waals surface area (Å²) in [5.74, 6) is 1.06. The van der Waals surface area contributed by atoms with Crippen molar-refractivity contribution < 1.29 is 9.31 Å². The first kappa shape index (κ1) is 13.4. The van der Waals surface area contributed by atoms with E-state index in [-0.39, 0.29) is 18.3 Å². The number of hydrogen-bond acceptors (Lipinski definition) is 2. The maximum Gasteiger partial charge on any atom is 0.461 e. The van der Waals surface area contributed by atoms with Gasteiger partial charge in [0, 0.05) is 17.5 Å². The molecule has 1 aliphatic carbocycles. The maximum atomic E-state index is 6.18. The topological polar surface area (TPSA) is 34.2 Å². The molecule has 4 heteroatoms. The Morgan fingerprint density at radius 2 is 1.81 bits per heavy atom. The Hall–Kier alpha value is -1.26. The lowest BCUT2D eigenvalue weighted by atomic mass is 9.79. The first-order valence-corrected chi connectivity index (χ1v) is 7.80. The molecule has 2 aromatic rings. The van der Waals surface area contributed by atoms with Crippen LogP contribution in [0.25, 0.3) is 10.9 Å². The molecule has 110 valence electrons. The van der Waals surface area contributed by atoms with Crippen molar-refractivity contribution in [3.8, 4) is 0 Å². The van der Waals surface area contributed by atoms with E-state index in [0.29, 0.717) is 11.7 Å². The zero-order valence-electron chi connectivity index (χ0n) is 13.1.